The standard InChI is InChI=1S/C16H20Cl2N6O/c1-9-15(17)11(3)23(21-9)7-5-13-19-20-14(25-13)6-8-24-12(4)16(18)10(2)22-24/h5-8H2,1-4H3. The quantitative estimate of drug-likeness (QED) is 0.652. The zero-order chi connectivity index (χ0) is 18.1. The molecule has 0 N–H and O–H groups in total. The highest BCUT2D eigenvalue weighted by Crippen LogP contribution is 2.20. The molecule has 3 heterocycles. The average molecular weight is 383 g/mol. The molecule has 9 heteroatoms. The summed E-state index contributed by atoms with van der Waals surface area (Å²) in [5.41, 5.74) is 3.54. The van der Waals surface area contributed by atoms with Crippen LogP contribution in [0.15, 0.2) is 4.42 Å². The summed E-state index contributed by atoms with van der Waals surface area (Å²) in [7, 11) is 0. The zero-order valence-electron chi connectivity index (χ0n) is 14.7. The third-order valence-corrected chi connectivity index (χ3v) is 5.26. The summed E-state index contributed by atoms with van der Waals surface area (Å²) in [4.78, 5) is 0. The Kier molecular flexibility index (Phi) is 5.15. The molecule has 0 fully saturated rings. The van der Waals surface area contributed by atoms with E-state index in [-0.39, 0.29) is 0 Å². The number of halogens is 2. The highest BCUT2D eigenvalue weighted by molar-refractivity contribution is 6.32. The van der Waals surface area contributed by atoms with Gasteiger partial charge in [-0.15, -0.1) is 10.2 Å². The van der Waals surface area contributed by atoms with Crippen molar-refractivity contribution in [2.24, 2.45) is 0 Å². The van der Waals surface area contributed by atoms with Gasteiger partial charge in [-0.2, -0.15) is 10.2 Å². The summed E-state index contributed by atoms with van der Waals surface area (Å²) in [5.74, 6) is 1.18. The van der Waals surface area contributed by atoms with E-state index in [0.29, 0.717) is 47.8 Å². The van der Waals surface area contributed by atoms with Crippen molar-refractivity contribution < 1.29 is 4.42 Å². The Hall–Kier alpha value is -1.86. The molecule has 3 aromatic heterocycles. The summed E-state index contributed by atoms with van der Waals surface area (Å²) in [6.07, 6.45) is 1.22. The Morgan fingerprint density at radius 3 is 1.48 bits per heavy atom. The van der Waals surface area contributed by atoms with E-state index in [0.717, 1.165) is 22.8 Å². The van der Waals surface area contributed by atoms with Crippen molar-refractivity contribution in [2.75, 3.05) is 0 Å². The molecule has 0 radical (unpaired) electrons. The second-order valence-corrected chi connectivity index (χ2v) is 6.76. The molecule has 0 aliphatic rings. The molecule has 0 unspecified atom stereocenters. The minimum absolute atomic E-state index is 0.588. The SMILES string of the molecule is Cc1nn(CCc2nnc(CCn3nc(C)c(Cl)c3C)o2)c(C)c1Cl. The summed E-state index contributed by atoms with van der Waals surface area (Å²) in [6.45, 7) is 8.97. The maximum absolute atomic E-state index is 6.16. The summed E-state index contributed by atoms with van der Waals surface area (Å²) < 4.78 is 9.43. The van der Waals surface area contributed by atoms with Crippen LogP contribution in [0.25, 0.3) is 0 Å². The summed E-state index contributed by atoms with van der Waals surface area (Å²) >= 11 is 12.3. The molecule has 0 atom stereocenters. The predicted molar refractivity (Wildman–Crippen MR) is 95.1 cm³/mol. The van der Waals surface area contributed by atoms with E-state index in [1.807, 2.05) is 37.1 Å². The molecule has 0 aliphatic heterocycles. The topological polar surface area (TPSA) is 74.6 Å². The van der Waals surface area contributed by atoms with Gasteiger partial charge in [0.1, 0.15) is 0 Å². The Morgan fingerprint density at radius 2 is 1.16 bits per heavy atom. The van der Waals surface area contributed by atoms with Gasteiger partial charge in [0.15, 0.2) is 0 Å². The highest BCUT2D eigenvalue weighted by Gasteiger charge is 2.13. The number of aromatic nitrogens is 6. The van der Waals surface area contributed by atoms with E-state index in [4.69, 9.17) is 27.6 Å². The van der Waals surface area contributed by atoms with Crippen LogP contribution in [0.3, 0.4) is 0 Å². The van der Waals surface area contributed by atoms with Crippen molar-refractivity contribution in [3.63, 3.8) is 0 Å². The largest absolute Gasteiger partial charge is 0.425 e. The predicted octanol–water partition coefficient (Wildman–Crippen LogP) is 3.49. The fourth-order valence-electron chi connectivity index (χ4n) is 2.68. The first-order valence-electron chi connectivity index (χ1n) is 8.07. The fraction of sp³-hybridized carbons (Fsp3) is 0.500. The molecule has 3 rings (SSSR count). The molecule has 0 bridgehead atoms. The summed E-state index contributed by atoms with van der Waals surface area (Å²) in [5, 5.41) is 18.4. The van der Waals surface area contributed by atoms with Crippen molar-refractivity contribution >= 4 is 23.2 Å². The van der Waals surface area contributed by atoms with Gasteiger partial charge < -0.3 is 4.42 Å². The second-order valence-electron chi connectivity index (χ2n) is 6.01. The molecule has 0 saturated heterocycles. The van der Waals surface area contributed by atoms with Gasteiger partial charge in [0.25, 0.3) is 0 Å². The van der Waals surface area contributed by atoms with Gasteiger partial charge in [-0.3, -0.25) is 9.36 Å². The maximum atomic E-state index is 6.16. The Balaban J connectivity index is 1.58. The molecular formula is C16H20Cl2N6O. The van der Waals surface area contributed by atoms with Crippen molar-refractivity contribution in [1.82, 2.24) is 29.8 Å². The van der Waals surface area contributed by atoms with Crippen molar-refractivity contribution in [2.45, 2.75) is 53.6 Å². The molecule has 0 amide bonds. The minimum Gasteiger partial charge on any atom is -0.425 e. The van der Waals surface area contributed by atoms with E-state index in [1.54, 1.807) is 0 Å². The Labute approximate surface area is 155 Å². The highest BCUT2D eigenvalue weighted by atomic mass is 35.5. The van der Waals surface area contributed by atoms with Crippen LogP contribution >= 0.6 is 23.2 Å². The lowest BCUT2D eigenvalue weighted by Crippen LogP contribution is -2.06. The van der Waals surface area contributed by atoms with Crippen molar-refractivity contribution in [3.05, 3.63) is 44.6 Å². The van der Waals surface area contributed by atoms with E-state index < -0.39 is 0 Å². The van der Waals surface area contributed by atoms with Crippen LogP contribution in [0.4, 0.5) is 0 Å². The molecule has 0 saturated carbocycles. The summed E-state index contributed by atoms with van der Waals surface area (Å²) in [6, 6.07) is 0. The Bertz CT molecular complexity index is 824. The lowest BCUT2D eigenvalue weighted by atomic mass is 10.3. The van der Waals surface area contributed by atoms with Crippen molar-refractivity contribution in [3.8, 4) is 0 Å². The molecule has 0 aliphatic carbocycles. The molecule has 3 aromatic rings. The number of aryl methyl sites for hydroxylation is 6. The first-order valence-corrected chi connectivity index (χ1v) is 8.82. The van der Waals surface area contributed by atoms with Crippen LogP contribution in [0, 0.1) is 27.7 Å². The monoisotopic (exact) mass is 382 g/mol. The number of rotatable bonds is 6. The molecule has 134 valence electrons. The average Bonchev–Trinajstić information content (AvgIpc) is 3.22. The number of hydrogen-bond donors (Lipinski definition) is 0. The maximum Gasteiger partial charge on any atom is 0.218 e. The molecule has 0 aromatic carbocycles. The van der Waals surface area contributed by atoms with E-state index in [9.17, 15) is 0 Å². The van der Waals surface area contributed by atoms with Gasteiger partial charge in [-0.25, -0.2) is 0 Å². The molecular weight excluding hydrogens is 363 g/mol. The molecule has 7 nitrogen and oxygen atoms in total. The number of hydrogen-bond acceptors (Lipinski definition) is 5. The van der Waals surface area contributed by atoms with Gasteiger partial charge in [0, 0.05) is 25.9 Å². The third-order valence-electron chi connectivity index (χ3n) is 4.17. The molecule has 0 spiro atoms. The van der Waals surface area contributed by atoms with Gasteiger partial charge in [-0.05, 0) is 27.7 Å². The van der Waals surface area contributed by atoms with Gasteiger partial charge in [0.2, 0.25) is 11.8 Å². The lowest BCUT2D eigenvalue weighted by Gasteiger charge is -2.02. The van der Waals surface area contributed by atoms with Crippen LogP contribution in [-0.4, -0.2) is 29.8 Å². The first kappa shape index (κ1) is 17.9. The van der Waals surface area contributed by atoms with E-state index in [1.165, 1.54) is 0 Å². The molecule has 25 heavy (non-hydrogen) atoms. The fourth-order valence-corrected chi connectivity index (χ4v) is 2.95. The van der Waals surface area contributed by atoms with E-state index >= 15 is 0 Å². The second kappa shape index (κ2) is 7.17. The van der Waals surface area contributed by atoms with Crippen molar-refractivity contribution in [1.29, 1.82) is 0 Å². The van der Waals surface area contributed by atoms with E-state index in [2.05, 4.69) is 20.4 Å². The Morgan fingerprint density at radius 1 is 0.760 bits per heavy atom. The minimum atomic E-state index is 0.588. The van der Waals surface area contributed by atoms with Crippen LogP contribution in [-0.2, 0) is 25.9 Å². The van der Waals surface area contributed by atoms with Gasteiger partial charge in [0.05, 0.1) is 32.8 Å². The van der Waals surface area contributed by atoms with Gasteiger partial charge >= 0.3 is 0 Å². The van der Waals surface area contributed by atoms with Crippen LogP contribution in [0.5, 0.6) is 0 Å². The number of nitrogens with zero attached hydrogens (tertiary/aromatic N) is 6. The van der Waals surface area contributed by atoms with Crippen LogP contribution < -0.4 is 0 Å². The first-order chi connectivity index (χ1) is 11.9. The van der Waals surface area contributed by atoms with Crippen LogP contribution in [0.1, 0.15) is 34.6 Å². The normalized spacial score (nSPS) is 11.4. The smallest absolute Gasteiger partial charge is 0.218 e. The third kappa shape index (κ3) is 3.72. The van der Waals surface area contributed by atoms with Gasteiger partial charge in [-0.1, -0.05) is 23.2 Å². The lowest BCUT2D eigenvalue weighted by molar-refractivity contribution is 0.417. The van der Waals surface area contributed by atoms with Crippen LogP contribution in [0.2, 0.25) is 10.0 Å². The zero-order valence-corrected chi connectivity index (χ0v) is 16.2.